The number of nitrogens with one attached hydrogen (secondary N) is 1. The number of nitrogens with zero attached hydrogens (tertiary/aromatic N) is 2. The number of rotatable bonds is 5. The van der Waals surface area contributed by atoms with E-state index in [1.165, 1.54) is 5.56 Å². The number of hydrogen-bond donors (Lipinski definition) is 2. The lowest BCUT2D eigenvalue weighted by Gasteiger charge is -2.32. The zero-order valence-electron chi connectivity index (χ0n) is 17.4. The second-order valence-corrected chi connectivity index (χ2v) is 7.93. The molecule has 3 rings (SSSR count). The molecule has 0 aliphatic carbocycles. The van der Waals surface area contributed by atoms with Crippen molar-refractivity contribution in [3.63, 3.8) is 0 Å². The van der Waals surface area contributed by atoms with Crippen molar-refractivity contribution in [2.75, 3.05) is 18.4 Å². The average molecular weight is 405 g/mol. The molecule has 2 aromatic carbocycles. The van der Waals surface area contributed by atoms with Crippen LogP contribution in [0.2, 0.25) is 0 Å². The summed E-state index contributed by atoms with van der Waals surface area (Å²) in [6.45, 7) is 4.77. The summed E-state index contributed by atoms with van der Waals surface area (Å²) in [7, 11) is 0. The summed E-state index contributed by atoms with van der Waals surface area (Å²) in [6.07, 6.45) is 1.05. The highest BCUT2D eigenvalue weighted by atomic mass is 16.3. The average Bonchev–Trinajstić information content (AvgIpc) is 2.74. The number of benzene rings is 2. The standard InChI is InChI=1S/C24H27N3O3/c1-16-3-6-21(14-22(16)26-23(29)13-17(2)28)24(30)27-11-9-20(10-12-27)19-7-4-18(15-25)5-8-19/h3-8,14,17,20,28H,9-13H2,1-2H3,(H,26,29). The largest absolute Gasteiger partial charge is 0.393 e. The van der Waals surface area contributed by atoms with E-state index in [-0.39, 0.29) is 18.2 Å². The zero-order valence-corrected chi connectivity index (χ0v) is 17.4. The third kappa shape index (κ3) is 5.25. The van der Waals surface area contributed by atoms with Gasteiger partial charge in [-0.3, -0.25) is 9.59 Å². The van der Waals surface area contributed by atoms with Crippen LogP contribution >= 0.6 is 0 Å². The van der Waals surface area contributed by atoms with Crippen LogP contribution < -0.4 is 5.32 Å². The summed E-state index contributed by atoms with van der Waals surface area (Å²) >= 11 is 0. The maximum Gasteiger partial charge on any atom is 0.253 e. The van der Waals surface area contributed by atoms with Crippen LogP contribution in [0.25, 0.3) is 0 Å². The molecule has 0 radical (unpaired) electrons. The van der Waals surface area contributed by atoms with E-state index < -0.39 is 6.10 Å². The Labute approximate surface area is 177 Å². The highest BCUT2D eigenvalue weighted by Gasteiger charge is 2.25. The molecule has 1 unspecified atom stereocenters. The second kappa shape index (κ2) is 9.55. The molecule has 30 heavy (non-hydrogen) atoms. The van der Waals surface area contributed by atoms with Gasteiger partial charge in [-0.25, -0.2) is 0 Å². The van der Waals surface area contributed by atoms with Crippen LogP contribution in [0.4, 0.5) is 5.69 Å². The molecule has 2 aromatic rings. The number of aliphatic hydroxyl groups excluding tert-OH is 1. The van der Waals surface area contributed by atoms with E-state index in [0.717, 1.165) is 18.4 Å². The second-order valence-electron chi connectivity index (χ2n) is 7.93. The van der Waals surface area contributed by atoms with Crippen LogP contribution in [-0.4, -0.2) is 41.0 Å². The Morgan fingerprint density at radius 2 is 1.87 bits per heavy atom. The number of hydrogen-bond acceptors (Lipinski definition) is 4. The highest BCUT2D eigenvalue weighted by Crippen LogP contribution is 2.29. The van der Waals surface area contributed by atoms with Gasteiger partial charge >= 0.3 is 0 Å². The van der Waals surface area contributed by atoms with Crippen LogP contribution in [0.15, 0.2) is 42.5 Å². The molecule has 1 aliphatic heterocycles. The number of nitriles is 1. The molecule has 1 heterocycles. The predicted octanol–water partition coefficient (Wildman–Crippen LogP) is 3.60. The van der Waals surface area contributed by atoms with Crippen LogP contribution in [-0.2, 0) is 4.79 Å². The predicted molar refractivity (Wildman–Crippen MR) is 115 cm³/mol. The Balaban J connectivity index is 1.63. The molecule has 1 fully saturated rings. The van der Waals surface area contributed by atoms with Crippen LogP contribution in [0.1, 0.15) is 59.2 Å². The summed E-state index contributed by atoms with van der Waals surface area (Å²) in [5, 5.41) is 21.1. The van der Waals surface area contributed by atoms with E-state index in [1.807, 2.05) is 42.2 Å². The Morgan fingerprint density at radius 3 is 2.47 bits per heavy atom. The Bertz CT molecular complexity index is 953. The molecule has 1 saturated heterocycles. The van der Waals surface area contributed by atoms with E-state index >= 15 is 0 Å². The van der Waals surface area contributed by atoms with Crippen molar-refractivity contribution >= 4 is 17.5 Å². The molecule has 6 heteroatoms. The topological polar surface area (TPSA) is 93.4 Å². The van der Waals surface area contributed by atoms with Gasteiger partial charge in [0.1, 0.15) is 0 Å². The number of likely N-dealkylation sites (tertiary alicyclic amines) is 1. The SMILES string of the molecule is Cc1ccc(C(=O)N2CCC(c3ccc(C#N)cc3)CC2)cc1NC(=O)CC(C)O. The van der Waals surface area contributed by atoms with Gasteiger partial charge in [0.2, 0.25) is 5.91 Å². The number of aryl methyl sites for hydroxylation is 1. The summed E-state index contributed by atoms with van der Waals surface area (Å²) in [5.41, 5.74) is 3.87. The van der Waals surface area contributed by atoms with Crippen molar-refractivity contribution in [1.29, 1.82) is 5.26 Å². The van der Waals surface area contributed by atoms with Gasteiger partial charge < -0.3 is 15.3 Å². The van der Waals surface area contributed by atoms with Gasteiger partial charge in [-0.15, -0.1) is 0 Å². The Morgan fingerprint density at radius 1 is 1.20 bits per heavy atom. The quantitative estimate of drug-likeness (QED) is 0.795. The van der Waals surface area contributed by atoms with Crippen LogP contribution in [0, 0.1) is 18.3 Å². The van der Waals surface area contributed by atoms with Gasteiger partial charge in [-0.05, 0) is 68.0 Å². The molecule has 1 aliphatic rings. The molecule has 2 N–H and O–H groups in total. The summed E-state index contributed by atoms with van der Waals surface area (Å²) in [6, 6.07) is 15.1. The molecular formula is C24H27N3O3. The molecule has 0 aromatic heterocycles. The minimum Gasteiger partial charge on any atom is -0.393 e. The fourth-order valence-electron chi connectivity index (χ4n) is 3.79. The van der Waals surface area contributed by atoms with Gasteiger partial charge in [-0.2, -0.15) is 5.26 Å². The molecule has 156 valence electrons. The first kappa shape index (κ1) is 21.5. The molecule has 0 bridgehead atoms. The molecular weight excluding hydrogens is 378 g/mol. The molecule has 0 saturated carbocycles. The lowest BCUT2D eigenvalue weighted by atomic mass is 9.89. The highest BCUT2D eigenvalue weighted by molar-refractivity contribution is 5.98. The van der Waals surface area contributed by atoms with Crippen LogP contribution in [0.3, 0.4) is 0 Å². The van der Waals surface area contributed by atoms with Crippen molar-refractivity contribution < 1.29 is 14.7 Å². The van der Waals surface area contributed by atoms with Gasteiger partial charge in [-0.1, -0.05) is 18.2 Å². The van der Waals surface area contributed by atoms with Crippen molar-refractivity contribution in [2.24, 2.45) is 0 Å². The van der Waals surface area contributed by atoms with Crippen molar-refractivity contribution in [3.05, 3.63) is 64.7 Å². The molecule has 2 amide bonds. The molecule has 6 nitrogen and oxygen atoms in total. The number of carbonyl (C=O) groups excluding carboxylic acids is 2. The van der Waals surface area contributed by atoms with Crippen LogP contribution in [0.5, 0.6) is 0 Å². The van der Waals surface area contributed by atoms with Gasteiger partial charge in [0.15, 0.2) is 0 Å². The van der Waals surface area contributed by atoms with Gasteiger partial charge in [0.25, 0.3) is 5.91 Å². The van der Waals surface area contributed by atoms with Gasteiger partial charge in [0.05, 0.1) is 24.2 Å². The summed E-state index contributed by atoms with van der Waals surface area (Å²) in [5.74, 6) is 0.0652. The fourth-order valence-corrected chi connectivity index (χ4v) is 3.79. The normalized spacial score (nSPS) is 15.3. The van der Waals surface area contributed by atoms with Gasteiger partial charge in [0, 0.05) is 24.3 Å². The number of anilines is 1. The van der Waals surface area contributed by atoms with E-state index in [4.69, 9.17) is 5.26 Å². The number of carbonyl (C=O) groups is 2. The van der Waals surface area contributed by atoms with E-state index in [0.29, 0.717) is 35.8 Å². The first-order valence-corrected chi connectivity index (χ1v) is 10.2. The Kier molecular flexibility index (Phi) is 6.86. The lowest BCUT2D eigenvalue weighted by Crippen LogP contribution is -2.38. The van der Waals surface area contributed by atoms with E-state index in [2.05, 4.69) is 11.4 Å². The third-order valence-electron chi connectivity index (χ3n) is 5.53. The van der Waals surface area contributed by atoms with E-state index in [9.17, 15) is 14.7 Å². The maximum atomic E-state index is 13.0. The van der Waals surface area contributed by atoms with Crippen molar-refractivity contribution in [3.8, 4) is 6.07 Å². The maximum absolute atomic E-state index is 13.0. The summed E-state index contributed by atoms with van der Waals surface area (Å²) < 4.78 is 0. The minimum atomic E-state index is -0.715. The monoisotopic (exact) mass is 405 g/mol. The minimum absolute atomic E-state index is 0.0144. The first-order chi connectivity index (χ1) is 14.4. The first-order valence-electron chi connectivity index (χ1n) is 10.2. The van der Waals surface area contributed by atoms with E-state index in [1.54, 1.807) is 19.1 Å². The molecule has 0 spiro atoms. The zero-order chi connectivity index (χ0) is 21.7. The van der Waals surface area contributed by atoms with Crippen molar-refractivity contribution in [1.82, 2.24) is 4.90 Å². The fraction of sp³-hybridized carbons (Fsp3) is 0.375. The lowest BCUT2D eigenvalue weighted by molar-refractivity contribution is -0.117. The summed E-state index contributed by atoms with van der Waals surface area (Å²) in [4.78, 5) is 26.8. The molecule has 1 atom stereocenters. The number of amides is 2. The number of piperidine rings is 1. The number of aliphatic hydroxyl groups is 1. The third-order valence-corrected chi connectivity index (χ3v) is 5.53. The van der Waals surface area contributed by atoms with Crippen molar-refractivity contribution in [2.45, 2.75) is 45.1 Å². The smallest absolute Gasteiger partial charge is 0.253 e. The Hall–Kier alpha value is -3.17.